The summed E-state index contributed by atoms with van der Waals surface area (Å²) >= 11 is 0. The number of fused-ring (bicyclic) bond motifs is 2. The maximum absolute atomic E-state index is 11.0. The Morgan fingerprint density at radius 1 is 1.09 bits per heavy atom. The molecule has 2 aromatic carbocycles. The fraction of sp³-hybridized carbons (Fsp3) is 0.261. The fourth-order valence-corrected chi connectivity index (χ4v) is 3.42. The molecular formula is C23H24N4O5. The van der Waals surface area contributed by atoms with Crippen molar-refractivity contribution in [2.75, 3.05) is 19.0 Å². The number of hydrogen-bond donors (Lipinski definition) is 3. The Hall–Kier alpha value is -3.85. The zero-order valence-corrected chi connectivity index (χ0v) is 17.6. The van der Waals surface area contributed by atoms with Crippen LogP contribution < -0.4 is 20.3 Å². The summed E-state index contributed by atoms with van der Waals surface area (Å²) in [6.07, 6.45) is 5.71. The van der Waals surface area contributed by atoms with Gasteiger partial charge in [-0.05, 0) is 49.6 Å². The van der Waals surface area contributed by atoms with Gasteiger partial charge in [-0.15, -0.1) is 0 Å². The molecule has 9 heteroatoms. The van der Waals surface area contributed by atoms with Gasteiger partial charge in [0.2, 0.25) is 5.91 Å². The van der Waals surface area contributed by atoms with E-state index in [1.54, 1.807) is 18.9 Å². The Balaban J connectivity index is 1.47. The number of methoxy groups -OCH3 is 1. The van der Waals surface area contributed by atoms with Crippen LogP contribution in [-0.2, 0) is 4.79 Å². The predicted molar refractivity (Wildman–Crippen MR) is 119 cm³/mol. The van der Waals surface area contributed by atoms with E-state index < -0.39 is 0 Å². The normalized spacial score (nSPS) is 10.9. The predicted octanol–water partition coefficient (Wildman–Crippen LogP) is 4.57. The average molecular weight is 436 g/mol. The summed E-state index contributed by atoms with van der Waals surface area (Å²) < 4.78 is 16.8. The van der Waals surface area contributed by atoms with Crippen LogP contribution in [0.3, 0.4) is 0 Å². The van der Waals surface area contributed by atoms with Gasteiger partial charge in [0.25, 0.3) is 0 Å². The number of carbonyl (C=O) groups excluding carboxylic acids is 1. The Morgan fingerprint density at radius 2 is 2.00 bits per heavy atom. The average Bonchev–Trinajstić information content (AvgIpc) is 3.28. The molecule has 4 aromatic rings. The summed E-state index contributed by atoms with van der Waals surface area (Å²) in [4.78, 5) is 19.8. The first-order chi connectivity index (χ1) is 15.7. The maximum Gasteiger partial charge on any atom is 0.243 e. The number of carbonyl (C=O) groups is 1. The molecule has 0 saturated heterocycles. The molecule has 0 aliphatic heterocycles. The van der Waals surface area contributed by atoms with E-state index in [1.807, 2.05) is 36.4 Å². The minimum absolute atomic E-state index is 0.288. The van der Waals surface area contributed by atoms with Gasteiger partial charge < -0.3 is 19.2 Å². The summed E-state index contributed by atoms with van der Waals surface area (Å²) in [6.45, 7) is 0.476. The largest absolute Gasteiger partial charge is 0.493 e. The van der Waals surface area contributed by atoms with Gasteiger partial charge in [-0.25, -0.2) is 15.4 Å². The number of nitrogens with zero attached hydrogens (tertiary/aromatic N) is 2. The summed E-state index contributed by atoms with van der Waals surface area (Å²) in [6, 6.07) is 11.4. The van der Waals surface area contributed by atoms with Crippen LogP contribution in [0, 0.1) is 0 Å². The van der Waals surface area contributed by atoms with E-state index in [-0.39, 0.29) is 12.3 Å². The molecule has 1 amide bonds. The molecular weight excluding hydrogens is 412 g/mol. The molecule has 0 unspecified atom stereocenters. The van der Waals surface area contributed by atoms with E-state index in [9.17, 15) is 4.79 Å². The van der Waals surface area contributed by atoms with Gasteiger partial charge in [-0.3, -0.25) is 10.0 Å². The zero-order valence-electron chi connectivity index (χ0n) is 17.6. The van der Waals surface area contributed by atoms with Crippen molar-refractivity contribution >= 4 is 39.3 Å². The van der Waals surface area contributed by atoms with Crippen LogP contribution in [0.1, 0.15) is 25.7 Å². The summed E-state index contributed by atoms with van der Waals surface area (Å²) in [5.74, 6) is 1.46. The third kappa shape index (κ3) is 4.89. The molecule has 0 bridgehead atoms. The maximum atomic E-state index is 11.0. The molecule has 0 fully saturated rings. The van der Waals surface area contributed by atoms with Crippen molar-refractivity contribution < 1.29 is 23.9 Å². The number of unbranched alkanes of at least 4 members (excludes halogenated alkanes) is 2. The number of benzene rings is 2. The lowest BCUT2D eigenvalue weighted by Gasteiger charge is -2.14. The van der Waals surface area contributed by atoms with Crippen LogP contribution >= 0.6 is 0 Å². The Bertz CT molecular complexity index is 1220. The molecule has 0 aliphatic carbocycles. The van der Waals surface area contributed by atoms with Gasteiger partial charge in [-0.1, -0.05) is 0 Å². The molecule has 0 atom stereocenters. The summed E-state index contributed by atoms with van der Waals surface area (Å²) in [5, 5.41) is 13.7. The summed E-state index contributed by atoms with van der Waals surface area (Å²) in [7, 11) is 1.59. The highest BCUT2D eigenvalue weighted by Crippen LogP contribution is 2.35. The first kappa shape index (κ1) is 21.4. The van der Waals surface area contributed by atoms with E-state index in [2.05, 4.69) is 15.3 Å². The van der Waals surface area contributed by atoms with Crippen LogP contribution in [0.4, 0.5) is 11.5 Å². The molecule has 4 rings (SSSR count). The van der Waals surface area contributed by atoms with E-state index in [1.165, 1.54) is 6.33 Å². The standard InChI is InChI=1S/C23H24N4O5/c1-30-20-12-17-18(13-21(20)31-9-4-2-3-5-22(28)27-29)24-14-25-23(17)26-16-6-7-19-15(11-16)8-10-32-19/h6-8,10-14,29H,2-5,9H2,1H3,(H,27,28)(H,24,25,26). The molecule has 0 aliphatic rings. The Morgan fingerprint density at radius 3 is 2.84 bits per heavy atom. The SMILES string of the molecule is COc1cc2c(Nc3ccc4occc4c3)ncnc2cc1OCCCCCC(=O)NO. The van der Waals surface area contributed by atoms with Crippen molar-refractivity contribution in [1.29, 1.82) is 0 Å². The molecule has 9 nitrogen and oxygen atoms in total. The van der Waals surface area contributed by atoms with Crippen molar-refractivity contribution in [2.24, 2.45) is 0 Å². The second-order valence-corrected chi connectivity index (χ2v) is 7.23. The minimum atomic E-state index is -0.379. The number of ether oxygens (including phenoxy) is 2. The van der Waals surface area contributed by atoms with Crippen LogP contribution in [-0.4, -0.2) is 34.8 Å². The molecule has 0 saturated carbocycles. The molecule has 0 radical (unpaired) electrons. The number of furan rings is 1. The molecule has 32 heavy (non-hydrogen) atoms. The fourth-order valence-electron chi connectivity index (χ4n) is 3.42. The second-order valence-electron chi connectivity index (χ2n) is 7.23. The van der Waals surface area contributed by atoms with Gasteiger partial charge >= 0.3 is 0 Å². The van der Waals surface area contributed by atoms with Gasteiger partial charge in [0.05, 0.1) is 25.5 Å². The van der Waals surface area contributed by atoms with Crippen molar-refractivity contribution in [3.63, 3.8) is 0 Å². The van der Waals surface area contributed by atoms with Gasteiger partial charge in [0.1, 0.15) is 17.7 Å². The molecule has 2 aromatic heterocycles. The number of nitrogens with one attached hydrogen (secondary N) is 2. The smallest absolute Gasteiger partial charge is 0.243 e. The zero-order chi connectivity index (χ0) is 22.3. The molecule has 0 spiro atoms. The minimum Gasteiger partial charge on any atom is -0.493 e. The number of anilines is 2. The summed E-state index contributed by atoms with van der Waals surface area (Å²) in [5.41, 5.74) is 4.06. The molecule has 166 valence electrons. The third-order valence-corrected chi connectivity index (χ3v) is 5.07. The van der Waals surface area contributed by atoms with Crippen molar-refractivity contribution in [1.82, 2.24) is 15.4 Å². The lowest BCUT2D eigenvalue weighted by molar-refractivity contribution is -0.129. The van der Waals surface area contributed by atoms with E-state index in [0.717, 1.165) is 40.4 Å². The van der Waals surface area contributed by atoms with Crippen LogP contribution in [0.5, 0.6) is 11.5 Å². The monoisotopic (exact) mass is 436 g/mol. The lowest BCUT2D eigenvalue weighted by Crippen LogP contribution is -2.17. The first-order valence-corrected chi connectivity index (χ1v) is 10.3. The van der Waals surface area contributed by atoms with Crippen LogP contribution in [0.15, 0.2) is 53.4 Å². The highest BCUT2D eigenvalue weighted by Gasteiger charge is 2.12. The van der Waals surface area contributed by atoms with E-state index in [0.29, 0.717) is 30.3 Å². The van der Waals surface area contributed by atoms with Gasteiger partial charge in [-0.2, -0.15) is 0 Å². The lowest BCUT2D eigenvalue weighted by atomic mass is 10.2. The molecule has 3 N–H and O–H groups in total. The number of hydroxylamine groups is 1. The van der Waals surface area contributed by atoms with Crippen molar-refractivity contribution in [3.8, 4) is 11.5 Å². The van der Waals surface area contributed by atoms with E-state index in [4.69, 9.17) is 19.1 Å². The highest BCUT2D eigenvalue weighted by atomic mass is 16.5. The van der Waals surface area contributed by atoms with Gasteiger partial charge in [0.15, 0.2) is 11.5 Å². The second kappa shape index (κ2) is 9.97. The number of rotatable bonds is 10. The molecule has 2 heterocycles. The number of hydrogen-bond acceptors (Lipinski definition) is 8. The number of amides is 1. The van der Waals surface area contributed by atoms with Crippen LogP contribution in [0.25, 0.3) is 21.9 Å². The topological polar surface area (TPSA) is 119 Å². The Kier molecular flexibility index (Phi) is 6.66. The van der Waals surface area contributed by atoms with E-state index >= 15 is 0 Å². The quantitative estimate of drug-likeness (QED) is 0.188. The highest BCUT2D eigenvalue weighted by molar-refractivity contribution is 5.93. The third-order valence-electron chi connectivity index (χ3n) is 5.07. The number of aromatic nitrogens is 2. The van der Waals surface area contributed by atoms with Crippen LogP contribution in [0.2, 0.25) is 0 Å². The first-order valence-electron chi connectivity index (χ1n) is 10.3. The Labute approximate surface area is 184 Å². The van der Waals surface area contributed by atoms with Gasteiger partial charge in [0, 0.05) is 28.9 Å². The van der Waals surface area contributed by atoms with Crippen molar-refractivity contribution in [3.05, 3.63) is 49.0 Å². The van der Waals surface area contributed by atoms with Crippen molar-refractivity contribution in [2.45, 2.75) is 25.7 Å².